The van der Waals surface area contributed by atoms with E-state index in [1.165, 1.54) is 12.0 Å². The fourth-order valence-electron chi connectivity index (χ4n) is 2.97. The largest absolute Gasteiger partial charge is 0.348 e. The zero-order chi connectivity index (χ0) is 14.7. The first-order valence-electron chi connectivity index (χ1n) is 7.33. The monoisotopic (exact) mass is 278 g/mol. The molecule has 0 amide bonds. The van der Waals surface area contributed by atoms with Crippen LogP contribution in [-0.4, -0.2) is 16.7 Å². The summed E-state index contributed by atoms with van der Waals surface area (Å²) in [5.74, 6) is 1.50. The molecule has 106 valence electrons. The van der Waals surface area contributed by atoms with Crippen LogP contribution in [0.25, 0.3) is 0 Å². The molecule has 2 atom stereocenters. The van der Waals surface area contributed by atoms with Gasteiger partial charge in [-0.3, -0.25) is 0 Å². The maximum absolute atomic E-state index is 8.84. The number of nitriles is 1. The van der Waals surface area contributed by atoms with Crippen LogP contribution in [0.3, 0.4) is 0 Å². The van der Waals surface area contributed by atoms with E-state index in [1.807, 2.05) is 18.2 Å². The Morgan fingerprint density at radius 2 is 1.90 bits per heavy atom. The Balaban J connectivity index is 1.93. The molecule has 4 nitrogen and oxygen atoms in total. The van der Waals surface area contributed by atoms with Crippen LogP contribution < -0.4 is 4.90 Å². The van der Waals surface area contributed by atoms with Gasteiger partial charge >= 0.3 is 0 Å². The summed E-state index contributed by atoms with van der Waals surface area (Å²) in [5, 5.41) is 17.1. The predicted molar refractivity (Wildman–Crippen MR) is 81.7 cm³/mol. The lowest BCUT2D eigenvalue weighted by atomic mass is 9.90. The van der Waals surface area contributed by atoms with E-state index in [2.05, 4.69) is 46.3 Å². The highest BCUT2D eigenvalue weighted by molar-refractivity contribution is 5.43. The molecular weight excluding hydrogens is 260 g/mol. The molecule has 1 aromatic heterocycles. The van der Waals surface area contributed by atoms with Crippen LogP contribution in [0.5, 0.6) is 0 Å². The molecule has 1 aliphatic rings. The van der Waals surface area contributed by atoms with Crippen LogP contribution in [0, 0.1) is 17.2 Å². The van der Waals surface area contributed by atoms with Crippen LogP contribution in [0.15, 0.2) is 42.5 Å². The molecule has 3 rings (SSSR count). The van der Waals surface area contributed by atoms with Gasteiger partial charge in [-0.05, 0) is 36.5 Å². The van der Waals surface area contributed by atoms with Crippen molar-refractivity contribution in [3.8, 4) is 6.07 Å². The van der Waals surface area contributed by atoms with Gasteiger partial charge in [0.1, 0.15) is 6.07 Å². The quantitative estimate of drug-likeness (QED) is 0.845. The molecule has 0 spiro atoms. The number of benzene rings is 1. The summed E-state index contributed by atoms with van der Waals surface area (Å²) < 4.78 is 0. The maximum Gasteiger partial charge on any atom is 0.163 e. The fraction of sp³-hybridized carbons (Fsp3) is 0.353. The van der Waals surface area contributed by atoms with E-state index in [0.717, 1.165) is 18.8 Å². The Kier molecular flexibility index (Phi) is 3.83. The number of hydrogen-bond acceptors (Lipinski definition) is 4. The second-order valence-corrected chi connectivity index (χ2v) is 5.65. The van der Waals surface area contributed by atoms with Gasteiger partial charge in [-0.25, -0.2) is 0 Å². The minimum absolute atomic E-state index is 0.338. The summed E-state index contributed by atoms with van der Waals surface area (Å²) in [7, 11) is 0. The molecule has 0 N–H and O–H groups in total. The van der Waals surface area contributed by atoms with Gasteiger partial charge in [-0.15, -0.1) is 10.2 Å². The van der Waals surface area contributed by atoms with E-state index in [4.69, 9.17) is 5.26 Å². The second kappa shape index (κ2) is 5.92. The van der Waals surface area contributed by atoms with E-state index in [9.17, 15) is 0 Å². The molecule has 0 radical (unpaired) electrons. The van der Waals surface area contributed by atoms with Crippen molar-refractivity contribution in [2.75, 3.05) is 11.4 Å². The molecule has 0 saturated carbocycles. The Morgan fingerprint density at radius 3 is 2.57 bits per heavy atom. The lowest BCUT2D eigenvalue weighted by molar-refractivity contribution is 0.378. The van der Waals surface area contributed by atoms with Crippen molar-refractivity contribution in [1.82, 2.24) is 10.2 Å². The third-order valence-corrected chi connectivity index (χ3v) is 4.06. The van der Waals surface area contributed by atoms with Crippen molar-refractivity contribution in [3.63, 3.8) is 0 Å². The van der Waals surface area contributed by atoms with Gasteiger partial charge in [-0.2, -0.15) is 5.26 Å². The molecule has 21 heavy (non-hydrogen) atoms. The zero-order valence-electron chi connectivity index (χ0n) is 12.1. The summed E-state index contributed by atoms with van der Waals surface area (Å²) >= 11 is 0. The highest BCUT2D eigenvalue weighted by atomic mass is 15.3. The van der Waals surface area contributed by atoms with Crippen LogP contribution in [-0.2, 0) is 0 Å². The first kappa shape index (κ1) is 13.6. The summed E-state index contributed by atoms with van der Waals surface area (Å²) in [6, 6.07) is 16.5. The Morgan fingerprint density at radius 1 is 1.10 bits per heavy atom. The van der Waals surface area contributed by atoms with Crippen molar-refractivity contribution < 1.29 is 0 Å². The molecule has 2 heterocycles. The highest BCUT2D eigenvalue weighted by Crippen LogP contribution is 2.35. The van der Waals surface area contributed by atoms with Crippen LogP contribution in [0.2, 0.25) is 0 Å². The van der Waals surface area contributed by atoms with Gasteiger partial charge in [0.15, 0.2) is 11.5 Å². The Hall–Kier alpha value is -2.41. The van der Waals surface area contributed by atoms with Crippen molar-refractivity contribution in [1.29, 1.82) is 5.26 Å². The summed E-state index contributed by atoms with van der Waals surface area (Å²) in [4.78, 5) is 2.32. The van der Waals surface area contributed by atoms with Crippen LogP contribution in [0.1, 0.15) is 37.1 Å². The predicted octanol–water partition coefficient (Wildman–Crippen LogP) is 3.33. The van der Waals surface area contributed by atoms with E-state index in [-0.39, 0.29) is 0 Å². The third-order valence-electron chi connectivity index (χ3n) is 4.06. The molecule has 1 aromatic carbocycles. The van der Waals surface area contributed by atoms with Crippen molar-refractivity contribution in [3.05, 3.63) is 53.7 Å². The SMILES string of the molecule is C[C@H]1CC[C@H](c2ccccc2)N(c2ccc(C#N)nn2)C1. The smallest absolute Gasteiger partial charge is 0.163 e. The van der Waals surface area contributed by atoms with Crippen LogP contribution >= 0.6 is 0 Å². The minimum atomic E-state index is 0.338. The highest BCUT2D eigenvalue weighted by Gasteiger charge is 2.28. The zero-order valence-corrected chi connectivity index (χ0v) is 12.1. The molecule has 1 aliphatic heterocycles. The van der Waals surface area contributed by atoms with E-state index in [1.54, 1.807) is 6.07 Å². The summed E-state index contributed by atoms with van der Waals surface area (Å²) in [5.41, 5.74) is 1.68. The maximum atomic E-state index is 8.84. The summed E-state index contributed by atoms with van der Waals surface area (Å²) in [6.07, 6.45) is 2.34. The topological polar surface area (TPSA) is 52.8 Å². The first-order chi connectivity index (χ1) is 10.3. The molecule has 0 aliphatic carbocycles. The molecule has 2 aromatic rings. The van der Waals surface area contributed by atoms with E-state index >= 15 is 0 Å². The van der Waals surface area contributed by atoms with Crippen molar-refractivity contribution in [2.45, 2.75) is 25.8 Å². The Labute approximate surface area is 125 Å². The van der Waals surface area contributed by atoms with Crippen molar-refractivity contribution in [2.24, 2.45) is 5.92 Å². The molecule has 1 fully saturated rings. The van der Waals surface area contributed by atoms with E-state index < -0.39 is 0 Å². The third kappa shape index (κ3) is 2.87. The average molecular weight is 278 g/mol. The lowest BCUT2D eigenvalue weighted by Gasteiger charge is -2.39. The molecule has 1 saturated heterocycles. The van der Waals surface area contributed by atoms with Gasteiger partial charge in [0.2, 0.25) is 0 Å². The summed E-state index contributed by atoms with van der Waals surface area (Å²) in [6.45, 7) is 3.24. The molecular formula is C17H18N4. The lowest BCUT2D eigenvalue weighted by Crippen LogP contribution is -2.38. The standard InChI is InChI=1S/C17H18N4/c1-13-7-9-16(14-5-3-2-4-6-14)21(12-13)17-10-8-15(11-18)19-20-17/h2-6,8,10,13,16H,7,9,12H2,1H3/t13-,16+/m0/s1. The van der Waals surface area contributed by atoms with Gasteiger partial charge in [-0.1, -0.05) is 37.3 Å². The van der Waals surface area contributed by atoms with Crippen molar-refractivity contribution >= 4 is 5.82 Å². The van der Waals surface area contributed by atoms with Gasteiger partial charge < -0.3 is 4.90 Å². The number of piperidine rings is 1. The first-order valence-corrected chi connectivity index (χ1v) is 7.33. The number of hydrogen-bond donors (Lipinski definition) is 0. The average Bonchev–Trinajstić information content (AvgIpc) is 2.56. The fourth-order valence-corrected chi connectivity index (χ4v) is 2.97. The Bertz CT molecular complexity index is 630. The number of nitrogens with zero attached hydrogens (tertiary/aromatic N) is 4. The number of aromatic nitrogens is 2. The van der Waals surface area contributed by atoms with Gasteiger partial charge in [0, 0.05) is 6.54 Å². The van der Waals surface area contributed by atoms with E-state index in [0.29, 0.717) is 17.7 Å². The second-order valence-electron chi connectivity index (χ2n) is 5.65. The van der Waals surface area contributed by atoms with Gasteiger partial charge in [0.05, 0.1) is 6.04 Å². The van der Waals surface area contributed by atoms with Crippen LogP contribution in [0.4, 0.5) is 5.82 Å². The van der Waals surface area contributed by atoms with Gasteiger partial charge in [0.25, 0.3) is 0 Å². The normalized spacial score (nSPS) is 21.8. The molecule has 0 bridgehead atoms. The minimum Gasteiger partial charge on any atom is -0.348 e. The molecule has 0 unspecified atom stereocenters. The number of anilines is 1. The molecule has 4 heteroatoms. The number of rotatable bonds is 2.